The van der Waals surface area contributed by atoms with Crippen LogP contribution in [0, 0.1) is 11.3 Å². The van der Waals surface area contributed by atoms with Crippen molar-refractivity contribution in [2.75, 3.05) is 6.61 Å². The lowest BCUT2D eigenvalue weighted by molar-refractivity contribution is -0.158. The first kappa shape index (κ1) is 18.8. The van der Waals surface area contributed by atoms with E-state index in [4.69, 9.17) is 0 Å². The fourth-order valence-corrected chi connectivity index (χ4v) is 2.96. The number of aliphatic carboxylic acids is 1. The summed E-state index contributed by atoms with van der Waals surface area (Å²) in [6.07, 6.45) is 4.37. The Bertz CT molecular complexity index is 442. The molecule has 1 fully saturated rings. The van der Waals surface area contributed by atoms with Gasteiger partial charge in [-0.15, -0.1) is 0 Å². The van der Waals surface area contributed by atoms with Crippen LogP contribution in [0.1, 0.15) is 46.0 Å². The molecule has 0 amide bonds. The van der Waals surface area contributed by atoms with E-state index in [-0.39, 0.29) is 6.42 Å². The molecule has 1 saturated carbocycles. The van der Waals surface area contributed by atoms with Crippen molar-refractivity contribution in [3.05, 3.63) is 12.2 Å². The highest BCUT2D eigenvalue weighted by atomic mass is 16.4. The average molecular weight is 314 g/mol. The Morgan fingerprint density at radius 1 is 1.50 bits per heavy atom. The molecule has 1 aliphatic carbocycles. The summed E-state index contributed by atoms with van der Waals surface area (Å²) in [5.41, 5.74) is -2.89. The molecule has 0 aromatic carbocycles. The average Bonchev–Trinajstić information content (AvgIpc) is 2.68. The molecular formula is C16H26O6. The van der Waals surface area contributed by atoms with Crippen LogP contribution in [-0.2, 0) is 9.59 Å². The van der Waals surface area contributed by atoms with Gasteiger partial charge < -0.3 is 20.4 Å². The van der Waals surface area contributed by atoms with Gasteiger partial charge in [0.2, 0.25) is 0 Å². The van der Waals surface area contributed by atoms with Crippen molar-refractivity contribution in [1.82, 2.24) is 0 Å². The molecule has 1 unspecified atom stereocenters. The number of carbonyl (C=O) groups is 2. The van der Waals surface area contributed by atoms with E-state index in [2.05, 4.69) is 0 Å². The smallest absolute Gasteiger partial charge is 0.320 e. The number of aliphatic hydroxyl groups is 3. The van der Waals surface area contributed by atoms with Crippen molar-refractivity contribution in [2.45, 2.75) is 57.7 Å². The molecule has 0 spiro atoms. The van der Waals surface area contributed by atoms with Gasteiger partial charge in [-0.25, -0.2) is 0 Å². The standard InChI is InChI=1S/C16H26O6/c1-3-4-7-15(2,22)8-5-6-11-12(18)9-13(19)16(11,10-17)14(20)21/h5-6,11-12,17-18,22H,3-4,7-10H2,1-2H3,(H,20,21)/b6-5+/t11-,12+,15+,16?/m0/s1. The first-order valence-electron chi connectivity index (χ1n) is 7.66. The van der Waals surface area contributed by atoms with Crippen LogP contribution < -0.4 is 0 Å². The summed E-state index contributed by atoms with van der Waals surface area (Å²) >= 11 is 0. The Morgan fingerprint density at radius 3 is 2.64 bits per heavy atom. The monoisotopic (exact) mass is 314 g/mol. The number of Topliss-reactive ketones (excluding diaryl/α,β-unsaturated/α-hetero) is 1. The van der Waals surface area contributed by atoms with Gasteiger partial charge in [-0.05, 0) is 19.8 Å². The van der Waals surface area contributed by atoms with Gasteiger partial charge >= 0.3 is 5.97 Å². The van der Waals surface area contributed by atoms with Crippen LogP contribution in [0.15, 0.2) is 12.2 Å². The largest absolute Gasteiger partial charge is 0.480 e. The number of hydrogen-bond donors (Lipinski definition) is 4. The fourth-order valence-electron chi connectivity index (χ4n) is 2.96. The molecule has 1 rings (SSSR count). The SMILES string of the molecule is CCCC[C@@](C)(O)C/C=C/[C@H]1[C@H](O)CC(=O)C1(CO)C(=O)O. The van der Waals surface area contributed by atoms with E-state index in [1.165, 1.54) is 6.08 Å². The van der Waals surface area contributed by atoms with E-state index < -0.39 is 41.4 Å². The molecule has 0 radical (unpaired) electrons. The number of hydrogen-bond acceptors (Lipinski definition) is 5. The van der Waals surface area contributed by atoms with Crippen LogP contribution >= 0.6 is 0 Å². The van der Waals surface area contributed by atoms with Gasteiger partial charge in [0.15, 0.2) is 11.2 Å². The Morgan fingerprint density at radius 2 is 2.14 bits per heavy atom. The van der Waals surface area contributed by atoms with Gasteiger partial charge in [0.1, 0.15) is 0 Å². The predicted molar refractivity (Wildman–Crippen MR) is 80.2 cm³/mol. The van der Waals surface area contributed by atoms with Crippen LogP contribution in [-0.4, -0.2) is 50.5 Å². The highest BCUT2D eigenvalue weighted by molar-refractivity contribution is 6.06. The maximum Gasteiger partial charge on any atom is 0.320 e. The normalized spacial score (nSPS) is 31.6. The summed E-state index contributed by atoms with van der Waals surface area (Å²) < 4.78 is 0. The van der Waals surface area contributed by atoms with Crippen LogP contribution in [0.4, 0.5) is 0 Å². The lowest BCUT2D eigenvalue weighted by atomic mass is 9.76. The molecule has 126 valence electrons. The number of rotatable bonds is 8. The van der Waals surface area contributed by atoms with E-state index in [9.17, 15) is 30.0 Å². The van der Waals surface area contributed by atoms with Gasteiger partial charge in [0.25, 0.3) is 0 Å². The molecule has 4 N–H and O–H groups in total. The summed E-state index contributed by atoms with van der Waals surface area (Å²) in [5, 5.41) is 38.9. The van der Waals surface area contributed by atoms with E-state index in [1.54, 1.807) is 13.0 Å². The van der Waals surface area contributed by atoms with Crippen molar-refractivity contribution in [3.63, 3.8) is 0 Å². The zero-order valence-corrected chi connectivity index (χ0v) is 13.2. The number of carboxylic acids is 1. The molecule has 0 aromatic rings. The second-order valence-electron chi connectivity index (χ2n) is 6.39. The van der Waals surface area contributed by atoms with Crippen LogP contribution in [0.25, 0.3) is 0 Å². The van der Waals surface area contributed by atoms with Crippen molar-refractivity contribution in [2.24, 2.45) is 11.3 Å². The number of aliphatic hydroxyl groups excluding tert-OH is 2. The second-order valence-corrected chi connectivity index (χ2v) is 6.39. The number of unbranched alkanes of at least 4 members (excludes halogenated alkanes) is 1. The van der Waals surface area contributed by atoms with Gasteiger partial charge in [0, 0.05) is 12.3 Å². The van der Waals surface area contributed by atoms with Gasteiger partial charge in [-0.2, -0.15) is 0 Å². The lowest BCUT2D eigenvalue weighted by Crippen LogP contribution is -2.44. The van der Waals surface area contributed by atoms with Gasteiger partial charge in [0.05, 0.1) is 18.3 Å². The van der Waals surface area contributed by atoms with Gasteiger partial charge in [-0.1, -0.05) is 31.9 Å². The lowest BCUT2D eigenvalue weighted by Gasteiger charge is -2.27. The minimum Gasteiger partial charge on any atom is -0.480 e. The first-order chi connectivity index (χ1) is 10.2. The summed E-state index contributed by atoms with van der Waals surface area (Å²) in [6, 6.07) is 0. The van der Waals surface area contributed by atoms with E-state index in [0.717, 1.165) is 12.8 Å². The van der Waals surface area contributed by atoms with Crippen molar-refractivity contribution >= 4 is 11.8 Å². The molecule has 0 bridgehead atoms. The molecule has 1 aliphatic rings. The molecule has 0 aromatic heterocycles. The molecule has 6 heteroatoms. The van der Waals surface area contributed by atoms with Crippen LogP contribution in [0.3, 0.4) is 0 Å². The maximum absolute atomic E-state index is 11.9. The van der Waals surface area contributed by atoms with E-state index in [0.29, 0.717) is 12.8 Å². The second kappa shape index (κ2) is 7.35. The minimum atomic E-state index is -1.98. The highest BCUT2D eigenvalue weighted by Gasteiger charge is 2.58. The third-order valence-electron chi connectivity index (χ3n) is 4.48. The number of ketones is 1. The molecule has 22 heavy (non-hydrogen) atoms. The third kappa shape index (κ3) is 3.74. The summed E-state index contributed by atoms with van der Waals surface area (Å²) in [4.78, 5) is 23.4. The Labute approximate surface area is 130 Å². The molecule has 6 nitrogen and oxygen atoms in total. The van der Waals surface area contributed by atoms with E-state index in [1.807, 2.05) is 6.92 Å². The number of carboxylic acid groups (broad SMARTS) is 1. The molecular weight excluding hydrogens is 288 g/mol. The van der Waals surface area contributed by atoms with E-state index >= 15 is 0 Å². The molecule has 0 saturated heterocycles. The van der Waals surface area contributed by atoms with Gasteiger partial charge in [-0.3, -0.25) is 9.59 Å². The summed E-state index contributed by atoms with van der Waals surface area (Å²) in [6.45, 7) is 2.87. The summed E-state index contributed by atoms with van der Waals surface area (Å²) in [5.74, 6) is -3.07. The van der Waals surface area contributed by atoms with Crippen molar-refractivity contribution in [1.29, 1.82) is 0 Å². The minimum absolute atomic E-state index is 0.284. The first-order valence-corrected chi connectivity index (χ1v) is 7.66. The quantitative estimate of drug-likeness (QED) is 0.391. The molecule has 0 heterocycles. The van der Waals surface area contributed by atoms with Crippen molar-refractivity contribution < 1.29 is 30.0 Å². The zero-order valence-electron chi connectivity index (χ0n) is 13.2. The third-order valence-corrected chi connectivity index (χ3v) is 4.48. The van der Waals surface area contributed by atoms with Crippen molar-refractivity contribution in [3.8, 4) is 0 Å². The fraction of sp³-hybridized carbons (Fsp3) is 0.750. The number of carbonyl (C=O) groups excluding carboxylic acids is 1. The topological polar surface area (TPSA) is 115 Å². The Hall–Kier alpha value is -1.24. The van der Waals surface area contributed by atoms with Crippen LogP contribution in [0.5, 0.6) is 0 Å². The van der Waals surface area contributed by atoms with Crippen LogP contribution in [0.2, 0.25) is 0 Å². The maximum atomic E-state index is 11.9. The summed E-state index contributed by atoms with van der Waals surface area (Å²) in [7, 11) is 0. The Kier molecular flexibility index (Phi) is 6.28. The predicted octanol–water partition coefficient (Wildman–Crippen LogP) is 0.887. The Balaban J connectivity index is 2.87. The molecule has 4 atom stereocenters. The zero-order chi connectivity index (χ0) is 17.0. The molecule has 0 aliphatic heterocycles. The highest BCUT2D eigenvalue weighted by Crippen LogP contribution is 2.42.